The van der Waals surface area contributed by atoms with E-state index in [0.29, 0.717) is 12.8 Å². The molecule has 14 nitrogen and oxygen atoms in total. The first-order valence-corrected chi connectivity index (χ1v) is 17.6. The van der Waals surface area contributed by atoms with Crippen LogP contribution in [-0.4, -0.2) is 171 Å². The molecule has 3 rings (SSSR count). The number of hydrogen-bond donors (Lipinski definition) is 2. The third kappa shape index (κ3) is 22.4. The van der Waals surface area contributed by atoms with Crippen molar-refractivity contribution in [1.82, 2.24) is 19.6 Å². The van der Waals surface area contributed by atoms with Crippen LogP contribution in [0.1, 0.15) is 38.5 Å². The number of piperazine rings is 2. The number of nitrogens with one attached hydrogen (secondary N) is 2. The van der Waals surface area contributed by atoms with Crippen LogP contribution >= 0.6 is 0 Å². The molecule has 0 spiro atoms. The van der Waals surface area contributed by atoms with E-state index in [1.807, 2.05) is 0 Å². The van der Waals surface area contributed by atoms with Crippen molar-refractivity contribution in [2.45, 2.75) is 50.6 Å². The van der Waals surface area contributed by atoms with Gasteiger partial charge in [-0.3, -0.25) is 9.80 Å². The number of β-amino-alcohol motifs (C(OH)–C–C–N with tert-alkyl or cyclic N) is 2. The molecule has 246 valence electrons. The van der Waals surface area contributed by atoms with Crippen LogP contribution in [0.2, 0.25) is 0 Å². The maximum Gasteiger partial charge on any atom is 4.00 e. The van der Waals surface area contributed by atoms with Crippen molar-refractivity contribution in [1.29, 1.82) is 0 Å². The van der Waals surface area contributed by atoms with Crippen LogP contribution in [-0.2, 0) is 41.3 Å². The van der Waals surface area contributed by atoms with E-state index in [0.717, 1.165) is 91.4 Å². The first-order valence-electron chi connectivity index (χ1n) is 14.3. The summed E-state index contributed by atoms with van der Waals surface area (Å²) < 4.78 is 56.0. The van der Waals surface area contributed by atoms with Crippen molar-refractivity contribution in [3.8, 4) is 0 Å². The van der Waals surface area contributed by atoms with Gasteiger partial charge in [0.05, 0.1) is 13.2 Å². The average molecular weight is 814 g/mol. The summed E-state index contributed by atoms with van der Waals surface area (Å²) in [5, 5.41) is 17.5. The molecule has 17 heteroatoms. The van der Waals surface area contributed by atoms with Gasteiger partial charge in [-0.05, 0) is 25.9 Å². The summed E-state index contributed by atoms with van der Waals surface area (Å²) >= 11 is 0. The van der Waals surface area contributed by atoms with E-state index in [1.165, 1.54) is 12.8 Å². The minimum Gasteiger partial charge on any atom is -0.676 e. The maximum atomic E-state index is 10.6. The molecule has 3 aliphatic rings. The molecule has 2 heterocycles. The van der Waals surface area contributed by atoms with Gasteiger partial charge in [0.2, 0.25) is 0 Å². The molecule has 1 saturated carbocycles. The van der Waals surface area contributed by atoms with Gasteiger partial charge in [-0.15, -0.1) is 0 Å². The Morgan fingerprint density at radius 2 is 0.854 bits per heavy atom. The van der Waals surface area contributed by atoms with Crippen molar-refractivity contribution in [3.63, 3.8) is 0 Å². The van der Waals surface area contributed by atoms with Crippen LogP contribution < -0.4 is 0 Å². The molecule has 0 radical (unpaired) electrons. The summed E-state index contributed by atoms with van der Waals surface area (Å²) in [6.45, 7) is 10.7. The molecular weight excluding hydrogens is 760 g/mol. The molecule has 2 aliphatic heterocycles. The Morgan fingerprint density at radius 3 is 1.07 bits per heavy atom. The van der Waals surface area contributed by atoms with Crippen molar-refractivity contribution in [3.05, 3.63) is 11.5 Å². The Kier molecular flexibility index (Phi) is 22.8. The van der Waals surface area contributed by atoms with Gasteiger partial charge in [0, 0.05) is 65.4 Å². The van der Waals surface area contributed by atoms with Crippen molar-refractivity contribution in [2.24, 2.45) is 0 Å². The normalized spacial score (nSPS) is 23.5. The Hall–Kier alpha value is 0.188. The van der Waals surface area contributed by atoms with Crippen LogP contribution in [0.15, 0.2) is 0 Å². The molecule has 2 atom stereocenters. The Bertz CT molecular complexity index is 788. The molecule has 0 aromatic heterocycles. The van der Waals surface area contributed by atoms with E-state index in [-0.39, 0.29) is 57.9 Å². The second-order valence-corrected chi connectivity index (χ2v) is 13.9. The van der Waals surface area contributed by atoms with Crippen molar-refractivity contribution < 1.29 is 57.2 Å². The van der Waals surface area contributed by atoms with Gasteiger partial charge in [-0.2, -0.15) is 28.9 Å². The molecule has 2 unspecified atom stereocenters. The van der Waals surface area contributed by atoms with Gasteiger partial charge in [0.1, 0.15) is 11.5 Å². The standard InChI is InChI=1S/2C9H20N2O4S.C6H12N2.Pt/c2*12-8-7-11-5-3-10(4-6-11)2-1-9-16(13,14)15;7-5-3-1-2-4-6(5)8;/h2*12H,1-9H2,(H,13,14,15);5-8H,1-4H2;/q;;-2;+4/p+2. The number of nitrogens with zero attached hydrogens (tertiary/aromatic N) is 4. The summed E-state index contributed by atoms with van der Waals surface area (Å²) in [7, 11) is -7.13. The molecule has 3 fully saturated rings. The minimum atomic E-state index is -3.56. The van der Waals surface area contributed by atoms with Crippen molar-refractivity contribution in [2.75, 3.05) is 103 Å². The smallest absolute Gasteiger partial charge is 0.676 e. The van der Waals surface area contributed by atoms with E-state index in [1.54, 1.807) is 0 Å². The summed E-state index contributed by atoms with van der Waals surface area (Å²) in [6, 6.07) is -0.160. The maximum absolute atomic E-state index is 10.6. The van der Waals surface area contributed by atoms with Gasteiger partial charge < -0.3 is 40.6 Å². The molecule has 8 N–H and O–H groups in total. The Balaban J connectivity index is 0.000000609. The third-order valence-corrected chi connectivity index (χ3v) is 8.96. The fourth-order valence-electron chi connectivity index (χ4n) is 4.84. The first-order chi connectivity index (χ1) is 18.8. The number of rotatable bonds is 12. The Morgan fingerprint density at radius 1 is 0.585 bits per heavy atom. The van der Waals surface area contributed by atoms with E-state index in [4.69, 9.17) is 30.8 Å². The van der Waals surface area contributed by atoms with E-state index < -0.39 is 20.2 Å². The predicted molar refractivity (Wildman–Crippen MR) is 159 cm³/mol. The summed E-state index contributed by atoms with van der Waals surface area (Å²) in [4.78, 5) is 8.80. The summed E-state index contributed by atoms with van der Waals surface area (Å²) in [5.41, 5.74) is 14.6. The second kappa shape index (κ2) is 22.7. The molecule has 41 heavy (non-hydrogen) atoms. The van der Waals surface area contributed by atoms with Crippen LogP contribution in [0.3, 0.4) is 0 Å². The largest absolute Gasteiger partial charge is 4.00 e. The average Bonchev–Trinajstić information content (AvgIpc) is 2.88. The monoisotopic (exact) mass is 813 g/mol. The summed E-state index contributed by atoms with van der Waals surface area (Å²) in [6.07, 6.45) is 5.31. The third-order valence-electron chi connectivity index (χ3n) is 7.30. The molecule has 2 saturated heterocycles. The van der Waals surface area contributed by atoms with E-state index in [9.17, 15) is 16.8 Å². The molecule has 0 amide bonds. The van der Waals surface area contributed by atoms with Gasteiger partial charge in [-0.1, -0.05) is 25.7 Å². The zero-order chi connectivity index (χ0) is 30.0. The number of aliphatic hydroxyl groups excluding tert-OH is 2. The molecular formula is C24H54N6O8PtS2+4. The summed E-state index contributed by atoms with van der Waals surface area (Å²) in [5.74, 6) is -0.103. The van der Waals surface area contributed by atoms with E-state index in [2.05, 4.69) is 19.6 Å². The number of hydrogen-bond acceptors (Lipinski definition) is 10. The van der Waals surface area contributed by atoms with Crippen LogP contribution in [0, 0.1) is 0 Å². The molecule has 0 aromatic rings. The van der Waals surface area contributed by atoms with Gasteiger partial charge in [-0.25, -0.2) is 0 Å². The zero-order valence-electron chi connectivity index (χ0n) is 24.2. The second-order valence-electron chi connectivity index (χ2n) is 10.7. The topological polar surface area (TPSA) is 215 Å². The van der Waals surface area contributed by atoms with Crippen LogP contribution in [0.25, 0.3) is 11.5 Å². The van der Waals surface area contributed by atoms with Crippen LogP contribution in [0.5, 0.6) is 0 Å². The van der Waals surface area contributed by atoms with Gasteiger partial charge in [0.25, 0.3) is 0 Å². The van der Waals surface area contributed by atoms with Gasteiger partial charge in [0.15, 0.2) is 0 Å². The number of aliphatic hydroxyl groups is 2. The Labute approximate surface area is 261 Å². The SMILES string of the molecule is O=S(=O)([OH2+])CCCN1CCN(CCO)CC1.O=S(=O)([OH2+])CCCN1CCN(CCO)CC1.[NH-]C1CCCCC1[NH-].[Pt+4]. The van der Waals surface area contributed by atoms with E-state index >= 15 is 0 Å². The zero-order valence-corrected chi connectivity index (χ0v) is 28.1. The predicted octanol–water partition coefficient (Wildman–Crippen LogP) is -1.52. The minimum absolute atomic E-state index is 0. The van der Waals surface area contributed by atoms with Crippen molar-refractivity contribution >= 4 is 20.2 Å². The quantitative estimate of drug-likeness (QED) is 0.217. The molecule has 0 bridgehead atoms. The first kappa shape index (κ1) is 41.2. The molecule has 1 aliphatic carbocycles. The fourth-order valence-corrected chi connectivity index (χ4v) is 5.86. The fraction of sp³-hybridized carbons (Fsp3) is 1.00. The van der Waals surface area contributed by atoms with Crippen LogP contribution in [0.4, 0.5) is 0 Å². The van der Waals surface area contributed by atoms with Gasteiger partial charge >= 0.3 is 41.3 Å². The molecule has 0 aromatic carbocycles.